The Balaban J connectivity index is 1.43. The first kappa shape index (κ1) is 19.6. The lowest BCUT2D eigenvalue weighted by Crippen LogP contribution is -3.16. The molecule has 0 radical (unpaired) electrons. The van der Waals surface area contributed by atoms with Crippen molar-refractivity contribution >= 4 is 16.6 Å². The van der Waals surface area contributed by atoms with Crippen LogP contribution in [0.25, 0.3) is 10.9 Å². The van der Waals surface area contributed by atoms with Crippen molar-refractivity contribution < 1.29 is 19.5 Å². The van der Waals surface area contributed by atoms with Crippen molar-refractivity contribution in [3.8, 4) is 11.5 Å². The second kappa shape index (κ2) is 8.35. The number of H-pyrrole nitrogens is 1. The molecule has 1 saturated heterocycles. The van der Waals surface area contributed by atoms with Gasteiger partial charge in [-0.3, -0.25) is 0 Å². The minimum Gasteiger partial charge on any atom is -0.497 e. The van der Waals surface area contributed by atoms with Crippen LogP contribution in [0.3, 0.4) is 0 Å². The maximum Gasteiger partial charge on any atom is 0.130 e. The van der Waals surface area contributed by atoms with Crippen molar-refractivity contribution in [2.24, 2.45) is 0 Å². The topological polar surface area (TPSA) is 62.2 Å². The fourth-order valence-corrected chi connectivity index (χ4v) is 4.39. The molecule has 0 spiro atoms. The van der Waals surface area contributed by atoms with Crippen LogP contribution in [0.2, 0.25) is 0 Å². The predicted octanol–water partition coefficient (Wildman–Crippen LogP) is 2.01. The quantitative estimate of drug-likeness (QED) is 0.597. The van der Waals surface area contributed by atoms with Crippen LogP contribution in [0, 0.1) is 0 Å². The van der Waals surface area contributed by atoms with Crippen LogP contribution in [0.15, 0.2) is 48.7 Å². The molecule has 0 aliphatic carbocycles. The number of rotatable bonds is 6. The maximum atomic E-state index is 10.9. The molecule has 0 amide bonds. The van der Waals surface area contributed by atoms with Gasteiger partial charge in [0.25, 0.3) is 0 Å². The van der Waals surface area contributed by atoms with Crippen LogP contribution in [-0.2, 0) is 0 Å². The molecule has 3 atom stereocenters. The summed E-state index contributed by atoms with van der Waals surface area (Å²) in [6.45, 7) is 5.88. The molecule has 0 bridgehead atoms. The summed E-state index contributed by atoms with van der Waals surface area (Å²) < 4.78 is 10.7. The highest BCUT2D eigenvalue weighted by atomic mass is 16.5. The Bertz CT molecular complexity index is 971. The van der Waals surface area contributed by atoms with Gasteiger partial charge in [0.2, 0.25) is 0 Å². The second-order valence-corrected chi connectivity index (χ2v) is 7.82. The normalized spacial score (nSPS) is 20.6. The Morgan fingerprint density at radius 1 is 1.17 bits per heavy atom. The molecule has 6 nitrogen and oxygen atoms in total. The number of piperazine rings is 1. The van der Waals surface area contributed by atoms with Crippen molar-refractivity contribution in [2.45, 2.75) is 19.1 Å². The van der Waals surface area contributed by atoms with Gasteiger partial charge in [0, 0.05) is 34.4 Å². The number of benzene rings is 2. The van der Waals surface area contributed by atoms with Gasteiger partial charge in [-0.25, -0.2) is 0 Å². The number of aromatic nitrogens is 1. The third kappa shape index (κ3) is 4.04. The summed E-state index contributed by atoms with van der Waals surface area (Å²) in [7, 11) is 3.36. The molecule has 3 N–H and O–H groups in total. The Labute approximate surface area is 171 Å². The van der Waals surface area contributed by atoms with Gasteiger partial charge in [-0.1, -0.05) is 6.07 Å². The number of methoxy groups -OCH3 is 2. The first-order chi connectivity index (χ1) is 14.1. The van der Waals surface area contributed by atoms with Gasteiger partial charge in [0.05, 0.1) is 39.9 Å². The lowest BCUT2D eigenvalue weighted by atomic mass is 10.1. The predicted molar refractivity (Wildman–Crippen MR) is 115 cm³/mol. The molecule has 1 aliphatic rings. The lowest BCUT2D eigenvalue weighted by Gasteiger charge is -2.39. The van der Waals surface area contributed by atoms with E-state index in [0.29, 0.717) is 12.6 Å². The number of hydrogen-bond acceptors (Lipinski definition) is 4. The summed E-state index contributed by atoms with van der Waals surface area (Å²) in [4.78, 5) is 7.10. The number of hydrogen-bond donors (Lipinski definition) is 3. The van der Waals surface area contributed by atoms with Gasteiger partial charge >= 0.3 is 0 Å². The number of aromatic amines is 1. The van der Waals surface area contributed by atoms with E-state index in [-0.39, 0.29) is 0 Å². The molecular weight excluding hydrogens is 366 g/mol. The maximum absolute atomic E-state index is 10.9. The van der Waals surface area contributed by atoms with Crippen molar-refractivity contribution in [1.82, 2.24) is 4.98 Å². The van der Waals surface area contributed by atoms with E-state index in [2.05, 4.69) is 28.9 Å². The number of fused-ring (bicyclic) bond motifs is 1. The fraction of sp³-hybridized carbons (Fsp3) is 0.391. The molecule has 1 fully saturated rings. The zero-order valence-electron chi connectivity index (χ0n) is 17.3. The van der Waals surface area contributed by atoms with Crippen molar-refractivity contribution in [3.05, 3.63) is 54.2 Å². The Morgan fingerprint density at radius 2 is 1.97 bits per heavy atom. The van der Waals surface area contributed by atoms with E-state index in [1.807, 2.05) is 36.5 Å². The van der Waals surface area contributed by atoms with Gasteiger partial charge < -0.3 is 29.4 Å². The van der Waals surface area contributed by atoms with E-state index in [4.69, 9.17) is 9.47 Å². The van der Waals surface area contributed by atoms with Crippen LogP contribution in [-0.4, -0.2) is 56.5 Å². The molecular formula is C23H30N3O3+. The zero-order chi connectivity index (χ0) is 20.4. The van der Waals surface area contributed by atoms with Crippen LogP contribution in [0.1, 0.15) is 18.6 Å². The number of anilines is 1. The Morgan fingerprint density at radius 3 is 2.72 bits per heavy atom. The molecule has 29 heavy (non-hydrogen) atoms. The number of quaternary nitrogens is 1. The number of aliphatic hydroxyl groups is 1. The van der Waals surface area contributed by atoms with Crippen LogP contribution < -0.4 is 19.3 Å². The highest BCUT2D eigenvalue weighted by Crippen LogP contribution is 2.27. The number of nitrogens with zero attached hydrogens (tertiary/aromatic N) is 1. The molecule has 0 saturated carbocycles. The van der Waals surface area contributed by atoms with Crippen molar-refractivity contribution in [3.63, 3.8) is 0 Å². The summed E-state index contributed by atoms with van der Waals surface area (Å²) in [6.07, 6.45) is 1.41. The lowest BCUT2D eigenvalue weighted by molar-refractivity contribution is -0.906. The molecule has 6 heteroatoms. The van der Waals surface area contributed by atoms with Crippen molar-refractivity contribution in [2.75, 3.05) is 45.3 Å². The molecule has 3 aromatic rings. The minimum absolute atomic E-state index is 0.390. The van der Waals surface area contributed by atoms with Crippen LogP contribution in [0.4, 0.5) is 5.69 Å². The monoisotopic (exact) mass is 396 g/mol. The standard InChI is InChI=1S/C23H29N3O3/c1-16-14-25(9-10-26(16)17-5-4-6-18(11-17)28-2)15-23(27)21-13-24-22-8-7-19(29-3)12-20(21)22/h4-8,11-13,16,23-24,27H,9-10,14-15H2,1-3H3/p+1/t16-,23+/m1/s1. The van der Waals surface area contributed by atoms with Gasteiger partial charge in [0.1, 0.15) is 24.1 Å². The smallest absolute Gasteiger partial charge is 0.130 e. The van der Waals surface area contributed by atoms with E-state index in [1.165, 1.54) is 10.6 Å². The molecule has 2 aromatic carbocycles. The van der Waals surface area contributed by atoms with Gasteiger partial charge in [0.15, 0.2) is 0 Å². The number of aliphatic hydroxyl groups excluding tert-OH is 1. The third-order valence-corrected chi connectivity index (χ3v) is 5.97. The van der Waals surface area contributed by atoms with Crippen LogP contribution >= 0.6 is 0 Å². The van der Waals surface area contributed by atoms with Crippen molar-refractivity contribution in [1.29, 1.82) is 0 Å². The van der Waals surface area contributed by atoms with E-state index in [1.54, 1.807) is 14.2 Å². The zero-order valence-corrected chi connectivity index (χ0v) is 17.3. The molecule has 4 rings (SSSR count). The summed E-state index contributed by atoms with van der Waals surface area (Å²) in [5.74, 6) is 1.69. The van der Waals surface area contributed by atoms with Gasteiger partial charge in [-0.2, -0.15) is 0 Å². The number of ether oxygens (including phenoxy) is 2. The average Bonchev–Trinajstić information content (AvgIpc) is 3.17. The average molecular weight is 397 g/mol. The third-order valence-electron chi connectivity index (χ3n) is 5.97. The highest BCUT2D eigenvalue weighted by molar-refractivity contribution is 5.85. The van der Waals surface area contributed by atoms with E-state index < -0.39 is 6.10 Å². The molecule has 1 unspecified atom stereocenters. The van der Waals surface area contributed by atoms with Crippen LogP contribution in [0.5, 0.6) is 11.5 Å². The summed E-state index contributed by atoms with van der Waals surface area (Å²) in [5.41, 5.74) is 3.15. The van der Waals surface area contributed by atoms with Gasteiger partial charge in [-0.15, -0.1) is 0 Å². The first-order valence-electron chi connectivity index (χ1n) is 10.2. The SMILES string of the molecule is COc1cccc(N2CC[NH+](C[C@H](O)c3c[nH]c4ccc(OC)cc34)C[C@H]2C)c1. The molecule has 1 aromatic heterocycles. The summed E-state index contributed by atoms with van der Waals surface area (Å²) in [6, 6.07) is 14.5. The Hall–Kier alpha value is -2.70. The Kier molecular flexibility index (Phi) is 5.65. The first-order valence-corrected chi connectivity index (χ1v) is 10.2. The minimum atomic E-state index is -0.513. The second-order valence-electron chi connectivity index (χ2n) is 7.82. The molecule has 154 valence electrons. The van der Waals surface area contributed by atoms with Gasteiger partial charge in [-0.05, 0) is 37.3 Å². The summed E-state index contributed by atoms with van der Waals surface area (Å²) in [5, 5.41) is 12.0. The molecule has 2 heterocycles. The highest BCUT2D eigenvalue weighted by Gasteiger charge is 2.29. The fourth-order valence-electron chi connectivity index (χ4n) is 4.39. The van der Waals surface area contributed by atoms with E-state index in [9.17, 15) is 5.11 Å². The molecule has 1 aliphatic heterocycles. The van der Waals surface area contributed by atoms with E-state index in [0.717, 1.165) is 47.6 Å². The number of nitrogens with one attached hydrogen (secondary N) is 2. The van der Waals surface area contributed by atoms with E-state index >= 15 is 0 Å². The largest absolute Gasteiger partial charge is 0.497 e. The summed E-state index contributed by atoms with van der Waals surface area (Å²) >= 11 is 0.